The van der Waals surface area contributed by atoms with Crippen molar-refractivity contribution in [2.75, 3.05) is 13.7 Å². The summed E-state index contributed by atoms with van der Waals surface area (Å²) in [4.78, 5) is 0. The largest absolute Gasteiger partial charge is 0.492 e. The number of rotatable bonds is 3. The summed E-state index contributed by atoms with van der Waals surface area (Å²) in [7, 11) is 1.99. The number of hydrogen-bond acceptors (Lipinski definition) is 2. The van der Waals surface area contributed by atoms with Gasteiger partial charge in [0, 0.05) is 18.0 Å². The number of benzene rings is 2. The second-order valence-corrected chi connectivity index (χ2v) is 5.03. The molecular weight excluding hydrogens is 234 g/mol. The molecule has 0 aromatic heterocycles. The highest BCUT2D eigenvalue weighted by atomic mass is 16.5. The lowest BCUT2D eigenvalue weighted by Crippen LogP contribution is -2.12. The molecule has 0 aliphatic carbocycles. The Morgan fingerprint density at radius 1 is 1.16 bits per heavy atom. The quantitative estimate of drug-likeness (QED) is 0.903. The first-order valence-corrected chi connectivity index (χ1v) is 6.82. The lowest BCUT2D eigenvalue weighted by molar-refractivity contribution is 0.358. The Morgan fingerprint density at radius 2 is 2.00 bits per heavy atom. The van der Waals surface area contributed by atoms with E-state index in [1.165, 1.54) is 22.3 Å². The van der Waals surface area contributed by atoms with Gasteiger partial charge in [-0.15, -0.1) is 0 Å². The van der Waals surface area contributed by atoms with Crippen LogP contribution in [0.25, 0.3) is 11.1 Å². The summed E-state index contributed by atoms with van der Waals surface area (Å²) in [5.74, 6) is 1.07. The highest BCUT2D eigenvalue weighted by molar-refractivity contribution is 5.73. The van der Waals surface area contributed by atoms with Gasteiger partial charge in [0.2, 0.25) is 0 Å². The van der Waals surface area contributed by atoms with Gasteiger partial charge in [0.05, 0.1) is 6.61 Å². The van der Waals surface area contributed by atoms with Gasteiger partial charge < -0.3 is 10.1 Å². The van der Waals surface area contributed by atoms with Crippen molar-refractivity contribution in [1.82, 2.24) is 5.32 Å². The van der Waals surface area contributed by atoms with Gasteiger partial charge in [-0.25, -0.2) is 0 Å². The fourth-order valence-corrected chi connectivity index (χ4v) is 2.58. The number of nitrogens with one attached hydrogen (secondary N) is 1. The highest BCUT2D eigenvalue weighted by Crippen LogP contribution is 2.37. The van der Waals surface area contributed by atoms with E-state index in [0.29, 0.717) is 6.04 Å². The summed E-state index contributed by atoms with van der Waals surface area (Å²) < 4.78 is 5.80. The molecule has 0 saturated carbocycles. The Labute approximate surface area is 114 Å². The predicted molar refractivity (Wildman–Crippen MR) is 78.6 cm³/mol. The van der Waals surface area contributed by atoms with Crippen LogP contribution >= 0.6 is 0 Å². The molecule has 0 bridgehead atoms. The summed E-state index contributed by atoms with van der Waals surface area (Å²) in [6.45, 7) is 2.98. The molecule has 1 aliphatic rings. The van der Waals surface area contributed by atoms with Crippen molar-refractivity contribution in [3.8, 4) is 16.9 Å². The SMILES string of the molecule is CNC(C)c1cccc(-c2cccc3c2OCC3)c1. The average Bonchev–Trinajstić information content (AvgIpc) is 2.94. The van der Waals surface area contributed by atoms with Crippen LogP contribution in [0.1, 0.15) is 24.1 Å². The lowest BCUT2D eigenvalue weighted by atomic mass is 9.98. The molecular formula is C17H19NO. The maximum absolute atomic E-state index is 5.80. The molecule has 1 N–H and O–H groups in total. The summed E-state index contributed by atoms with van der Waals surface area (Å²) in [6, 6.07) is 15.5. The Hall–Kier alpha value is -1.80. The summed E-state index contributed by atoms with van der Waals surface area (Å²) >= 11 is 0. The van der Waals surface area contributed by atoms with Crippen LogP contribution in [0.2, 0.25) is 0 Å². The Kier molecular flexibility index (Phi) is 3.26. The average molecular weight is 253 g/mol. The number of para-hydroxylation sites is 1. The Balaban J connectivity index is 2.05. The van der Waals surface area contributed by atoms with Crippen molar-refractivity contribution in [1.29, 1.82) is 0 Å². The minimum absolute atomic E-state index is 0.359. The molecule has 3 rings (SSSR count). The molecule has 0 saturated heterocycles. The van der Waals surface area contributed by atoms with Crippen molar-refractivity contribution >= 4 is 0 Å². The molecule has 0 spiro atoms. The van der Waals surface area contributed by atoms with Gasteiger partial charge in [0.15, 0.2) is 0 Å². The fourth-order valence-electron chi connectivity index (χ4n) is 2.58. The van der Waals surface area contributed by atoms with Gasteiger partial charge >= 0.3 is 0 Å². The molecule has 2 aromatic rings. The molecule has 2 nitrogen and oxygen atoms in total. The monoisotopic (exact) mass is 253 g/mol. The molecule has 0 fully saturated rings. The molecule has 19 heavy (non-hydrogen) atoms. The van der Waals surface area contributed by atoms with Crippen LogP contribution in [0, 0.1) is 0 Å². The molecule has 1 atom stereocenters. The lowest BCUT2D eigenvalue weighted by Gasteiger charge is -2.13. The molecule has 98 valence electrons. The molecule has 1 unspecified atom stereocenters. The maximum Gasteiger partial charge on any atom is 0.130 e. The molecule has 0 amide bonds. The van der Waals surface area contributed by atoms with E-state index in [-0.39, 0.29) is 0 Å². The van der Waals surface area contributed by atoms with Crippen molar-refractivity contribution in [2.24, 2.45) is 0 Å². The minimum atomic E-state index is 0.359. The number of hydrogen-bond donors (Lipinski definition) is 1. The van der Waals surface area contributed by atoms with Crippen LogP contribution in [0.3, 0.4) is 0 Å². The maximum atomic E-state index is 5.80. The van der Waals surface area contributed by atoms with Crippen LogP contribution < -0.4 is 10.1 Å². The first-order chi connectivity index (χ1) is 9.29. The van der Waals surface area contributed by atoms with Crippen LogP contribution in [0.15, 0.2) is 42.5 Å². The first kappa shape index (κ1) is 12.2. The van der Waals surface area contributed by atoms with E-state index in [0.717, 1.165) is 18.8 Å². The smallest absolute Gasteiger partial charge is 0.130 e. The second kappa shape index (κ2) is 5.06. The third-order valence-corrected chi connectivity index (χ3v) is 3.85. The zero-order valence-corrected chi connectivity index (χ0v) is 11.4. The third kappa shape index (κ3) is 2.24. The first-order valence-electron chi connectivity index (χ1n) is 6.82. The van der Waals surface area contributed by atoms with E-state index in [9.17, 15) is 0 Å². The fraction of sp³-hybridized carbons (Fsp3) is 0.294. The van der Waals surface area contributed by atoms with Gasteiger partial charge in [-0.2, -0.15) is 0 Å². The summed E-state index contributed by atoms with van der Waals surface area (Å²) in [5, 5.41) is 3.28. The zero-order chi connectivity index (χ0) is 13.2. The molecule has 1 heterocycles. The van der Waals surface area contributed by atoms with E-state index in [1.807, 2.05) is 7.05 Å². The molecule has 0 radical (unpaired) electrons. The van der Waals surface area contributed by atoms with Crippen molar-refractivity contribution in [3.63, 3.8) is 0 Å². The molecule has 2 heteroatoms. The Morgan fingerprint density at radius 3 is 2.84 bits per heavy atom. The van der Waals surface area contributed by atoms with Gasteiger partial charge in [-0.1, -0.05) is 36.4 Å². The van der Waals surface area contributed by atoms with E-state index < -0.39 is 0 Å². The van der Waals surface area contributed by atoms with Crippen LogP contribution in [-0.4, -0.2) is 13.7 Å². The molecule has 2 aromatic carbocycles. The Bertz CT molecular complexity index is 592. The number of fused-ring (bicyclic) bond motifs is 1. The second-order valence-electron chi connectivity index (χ2n) is 5.03. The highest BCUT2D eigenvalue weighted by Gasteiger charge is 2.17. The van der Waals surface area contributed by atoms with Crippen molar-refractivity contribution in [2.45, 2.75) is 19.4 Å². The predicted octanol–water partition coefficient (Wildman–Crippen LogP) is 3.57. The van der Waals surface area contributed by atoms with Crippen LogP contribution in [0.4, 0.5) is 0 Å². The minimum Gasteiger partial charge on any atom is -0.492 e. The van der Waals surface area contributed by atoms with E-state index in [1.54, 1.807) is 0 Å². The van der Waals surface area contributed by atoms with Crippen molar-refractivity contribution < 1.29 is 4.74 Å². The standard InChI is InChI=1S/C17H19NO/c1-12(18-2)14-6-3-7-15(11-14)16-8-4-5-13-9-10-19-17(13)16/h3-8,11-12,18H,9-10H2,1-2H3. The number of ether oxygens (including phenoxy) is 1. The van der Waals surface area contributed by atoms with Gasteiger partial charge in [-0.3, -0.25) is 0 Å². The van der Waals surface area contributed by atoms with E-state index >= 15 is 0 Å². The topological polar surface area (TPSA) is 21.3 Å². The van der Waals surface area contributed by atoms with Crippen LogP contribution in [-0.2, 0) is 6.42 Å². The van der Waals surface area contributed by atoms with Gasteiger partial charge in [-0.05, 0) is 36.7 Å². The van der Waals surface area contributed by atoms with E-state index in [4.69, 9.17) is 4.74 Å². The van der Waals surface area contributed by atoms with Crippen LogP contribution in [0.5, 0.6) is 5.75 Å². The zero-order valence-electron chi connectivity index (χ0n) is 11.4. The van der Waals surface area contributed by atoms with E-state index in [2.05, 4.69) is 54.7 Å². The summed E-state index contributed by atoms with van der Waals surface area (Å²) in [5.41, 5.74) is 5.07. The molecule has 1 aliphatic heterocycles. The van der Waals surface area contributed by atoms with Gasteiger partial charge in [0.25, 0.3) is 0 Å². The normalized spacial score (nSPS) is 14.8. The third-order valence-electron chi connectivity index (χ3n) is 3.85. The van der Waals surface area contributed by atoms with Gasteiger partial charge in [0.1, 0.15) is 5.75 Å². The van der Waals surface area contributed by atoms with Crippen molar-refractivity contribution in [3.05, 3.63) is 53.6 Å². The summed E-state index contributed by atoms with van der Waals surface area (Å²) in [6.07, 6.45) is 1.02.